The maximum absolute atomic E-state index is 12.4. The van der Waals surface area contributed by atoms with Crippen LogP contribution in [-0.4, -0.2) is 39.5 Å². The second-order valence-corrected chi connectivity index (χ2v) is 9.34. The Bertz CT molecular complexity index is 1010. The minimum atomic E-state index is -0.288. The Morgan fingerprint density at radius 1 is 1.29 bits per heavy atom. The Hall–Kier alpha value is -2.91. The average Bonchev–Trinajstić information content (AvgIpc) is 3.06. The lowest BCUT2D eigenvalue weighted by molar-refractivity contribution is -0.119. The number of carbonyl (C=O) groups is 1. The van der Waals surface area contributed by atoms with Crippen LogP contribution in [0.3, 0.4) is 0 Å². The van der Waals surface area contributed by atoms with Crippen LogP contribution in [0.2, 0.25) is 0 Å². The van der Waals surface area contributed by atoms with Gasteiger partial charge in [-0.1, -0.05) is 44.0 Å². The van der Waals surface area contributed by atoms with Gasteiger partial charge in [0.25, 0.3) is 0 Å². The summed E-state index contributed by atoms with van der Waals surface area (Å²) in [5, 5.41) is 16.9. The molecule has 2 aliphatic carbocycles. The Morgan fingerprint density at radius 3 is 2.87 bits per heavy atom. The minimum absolute atomic E-state index is 0.0674. The number of rotatable bonds is 6. The van der Waals surface area contributed by atoms with E-state index in [0.717, 1.165) is 30.4 Å². The summed E-state index contributed by atoms with van der Waals surface area (Å²) in [5.74, 6) is 3.99. The van der Waals surface area contributed by atoms with Crippen molar-refractivity contribution in [2.75, 3.05) is 17.2 Å². The molecule has 0 radical (unpaired) electrons. The van der Waals surface area contributed by atoms with Crippen molar-refractivity contribution in [1.82, 2.24) is 9.97 Å². The largest absolute Gasteiger partial charge is 0.393 e. The van der Waals surface area contributed by atoms with E-state index in [0.29, 0.717) is 36.7 Å². The third-order valence-corrected chi connectivity index (χ3v) is 6.65. The molecule has 0 amide bonds. The van der Waals surface area contributed by atoms with Crippen molar-refractivity contribution >= 4 is 17.5 Å². The molecule has 31 heavy (non-hydrogen) atoms. The van der Waals surface area contributed by atoms with Crippen LogP contribution in [-0.2, 0) is 11.2 Å². The van der Waals surface area contributed by atoms with Crippen molar-refractivity contribution in [3.8, 4) is 12.3 Å². The van der Waals surface area contributed by atoms with Crippen molar-refractivity contribution < 1.29 is 9.90 Å². The van der Waals surface area contributed by atoms with Crippen molar-refractivity contribution in [3.05, 3.63) is 47.2 Å². The number of fused-ring (bicyclic) bond motifs is 1. The number of aliphatic hydroxyl groups excluding tert-OH is 1. The Balaban J connectivity index is 1.40. The van der Waals surface area contributed by atoms with Crippen LogP contribution in [0.4, 0.5) is 11.8 Å². The number of nitrogens with zero attached hydrogens (tertiary/aromatic N) is 2. The molecule has 1 aromatic carbocycles. The number of Topliss-reactive ketones (excluding diaryl/α,β-unsaturated/α-hetero) is 1. The molecule has 2 aliphatic rings. The van der Waals surface area contributed by atoms with Crippen molar-refractivity contribution in [3.63, 3.8) is 0 Å². The standard InChI is InChI=1S/C25H30N4O2/c1-4-16-15-27-24(29-23(16)28-18-9-10-22(31)25(2,3)14-18)26-12-11-20-19-8-6-5-7-17(19)13-21(20)30/h1,5-8,15,18,20,22,31H,9-14H2,2-3H3,(H2,26,27,28,29)/t18-,20?,22+/m1/s1. The highest BCUT2D eigenvalue weighted by Crippen LogP contribution is 2.37. The second kappa shape index (κ2) is 8.68. The van der Waals surface area contributed by atoms with Gasteiger partial charge in [-0.05, 0) is 42.2 Å². The zero-order chi connectivity index (χ0) is 22.0. The van der Waals surface area contributed by atoms with Crippen LogP contribution < -0.4 is 10.6 Å². The number of hydrogen-bond donors (Lipinski definition) is 3. The molecule has 6 heteroatoms. The first kappa shape index (κ1) is 21.3. The van der Waals surface area contributed by atoms with E-state index in [1.54, 1.807) is 6.20 Å². The molecule has 1 aromatic heterocycles. The van der Waals surface area contributed by atoms with Gasteiger partial charge in [0.05, 0.1) is 17.9 Å². The molecule has 2 aromatic rings. The molecule has 1 unspecified atom stereocenters. The number of benzene rings is 1. The molecule has 0 bridgehead atoms. The number of aromatic nitrogens is 2. The SMILES string of the molecule is C#Cc1cnc(NCCC2C(=O)Cc3ccccc32)nc1N[C@@H]1CC[C@H](O)C(C)(C)C1. The fourth-order valence-electron chi connectivity index (χ4n) is 4.79. The summed E-state index contributed by atoms with van der Waals surface area (Å²) in [6, 6.07) is 8.25. The van der Waals surface area contributed by atoms with Gasteiger partial charge in [-0.15, -0.1) is 6.42 Å². The zero-order valence-electron chi connectivity index (χ0n) is 18.2. The fraction of sp³-hybridized carbons (Fsp3) is 0.480. The van der Waals surface area contributed by atoms with Crippen LogP contribution in [0.15, 0.2) is 30.5 Å². The maximum Gasteiger partial charge on any atom is 0.224 e. The maximum atomic E-state index is 12.4. The van der Waals surface area contributed by atoms with Crippen LogP contribution in [0.25, 0.3) is 0 Å². The van der Waals surface area contributed by atoms with Gasteiger partial charge in [0, 0.05) is 24.9 Å². The predicted octanol–water partition coefficient (Wildman–Crippen LogP) is 3.52. The Labute approximate surface area is 183 Å². The van der Waals surface area contributed by atoms with Crippen LogP contribution in [0, 0.1) is 17.8 Å². The summed E-state index contributed by atoms with van der Waals surface area (Å²) in [5.41, 5.74) is 2.75. The number of ketones is 1. The third-order valence-electron chi connectivity index (χ3n) is 6.65. The van der Waals surface area contributed by atoms with E-state index < -0.39 is 0 Å². The highest BCUT2D eigenvalue weighted by molar-refractivity contribution is 5.92. The predicted molar refractivity (Wildman–Crippen MR) is 122 cm³/mol. The number of terminal acetylenes is 1. The van der Waals surface area contributed by atoms with E-state index in [1.807, 2.05) is 24.3 Å². The molecule has 1 fully saturated rings. The first-order chi connectivity index (χ1) is 14.9. The highest BCUT2D eigenvalue weighted by Gasteiger charge is 2.36. The number of carbonyl (C=O) groups excluding carboxylic acids is 1. The molecule has 0 spiro atoms. The monoisotopic (exact) mass is 418 g/mol. The van der Waals surface area contributed by atoms with Crippen molar-refractivity contribution in [2.24, 2.45) is 5.41 Å². The summed E-state index contributed by atoms with van der Waals surface area (Å²) in [6.45, 7) is 4.77. The molecule has 4 rings (SSSR count). The van der Waals surface area contributed by atoms with E-state index in [4.69, 9.17) is 6.42 Å². The summed E-state index contributed by atoms with van der Waals surface area (Å²) in [4.78, 5) is 21.3. The molecule has 3 atom stereocenters. The quantitative estimate of drug-likeness (QED) is 0.622. The van der Waals surface area contributed by atoms with E-state index in [-0.39, 0.29) is 29.3 Å². The summed E-state index contributed by atoms with van der Waals surface area (Å²) < 4.78 is 0. The topological polar surface area (TPSA) is 87.1 Å². The smallest absolute Gasteiger partial charge is 0.224 e. The Kier molecular flexibility index (Phi) is 5.97. The van der Waals surface area contributed by atoms with Gasteiger partial charge in [-0.2, -0.15) is 4.98 Å². The van der Waals surface area contributed by atoms with E-state index in [9.17, 15) is 9.90 Å². The third kappa shape index (κ3) is 4.57. The van der Waals surface area contributed by atoms with Crippen LogP contribution in [0.1, 0.15) is 62.1 Å². The molecule has 3 N–H and O–H groups in total. The van der Waals surface area contributed by atoms with E-state index in [1.165, 1.54) is 0 Å². The molecule has 1 heterocycles. The fourth-order valence-corrected chi connectivity index (χ4v) is 4.79. The lowest BCUT2D eigenvalue weighted by atomic mass is 9.73. The molecule has 0 saturated heterocycles. The lowest BCUT2D eigenvalue weighted by Crippen LogP contribution is -2.41. The van der Waals surface area contributed by atoms with Gasteiger partial charge in [0.2, 0.25) is 5.95 Å². The Morgan fingerprint density at radius 2 is 2.10 bits per heavy atom. The van der Waals surface area contributed by atoms with Gasteiger partial charge in [-0.3, -0.25) is 4.79 Å². The number of aliphatic hydroxyl groups is 1. The second-order valence-electron chi connectivity index (χ2n) is 9.34. The van der Waals surface area contributed by atoms with Gasteiger partial charge >= 0.3 is 0 Å². The van der Waals surface area contributed by atoms with Gasteiger partial charge in [0.15, 0.2) is 0 Å². The summed E-state index contributed by atoms with van der Waals surface area (Å²) in [6.07, 6.45) is 10.7. The molecule has 6 nitrogen and oxygen atoms in total. The summed E-state index contributed by atoms with van der Waals surface area (Å²) >= 11 is 0. The molecule has 1 saturated carbocycles. The summed E-state index contributed by atoms with van der Waals surface area (Å²) in [7, 11) is 0. The molecular weight excluding hydrogens is 388 g/mol. The van der Waals surface area contributed by atoms with Crippen LogP contribution in [0.5, 0.6) is 0 Å². The first-order valence-corrected chi connectivity index (χ1v) is 11.0. The molecular formula is C25H30N4O2. The molecule has 0 aliphatic heterocycles. The minimum Gasteiger partial charge on any atom is -0.393 e. The van der Waals surface area contributed by atoms with Gasteiger partial charge in [-0.25, -0.2) is 4.98 Å². The normalized spacial score (nSPS) is 24.3. The van der Waals surface area contributed by atoms with E-state index >= 15 is 0 Å². The highest BCUT2D eigenvalue weighted by atomic mass is 16.3. The molecule has 162 valence electrons. The average molecular weight is 419 g/mol. The number of nitrogens with one attached hydrogen (secondary N) is 2. The first-order valence-electron chi connectivity index (χ1n) is 11.0. The number of anilines is 2. The van der Waals surface area contributed by atoms with Gasteiger partial charge < -0.3 is 15.7 Å². The zero-order valence-corrected chi connectivity index (χ0v) is 18.2. The lowest BCUT2D eigenvalue weighted by Gasteiger charge is -2.40. The van der Waals surface area contributed by atoms with Gasteiger partial charge in [0.1, 0.15) is 11.6 Å². The number of hydrogen-bond acceptors (Lipinski definition) is 6. The van der Waals surface area contributed by atoms with Crippen molar-refractivity contribution in [1.29, 1.82) is 0 Å². The van der Waals surface area contributed by atoms with E-state index in [2.05, 4.69) is 40.4 Å². The van der Waals surface area contributed by atoms with Crippen molar-refractivity contribution in [2.45, 2.75) is 64.0 Å². The van der Waals surface area contributed by atoms with Crippen LogP contribution >= 0.6 is 0 Å².